The van der Waals surface area contributed by atoms with Crippen molar-refractivity contribution in [1.82, 2.24) is 5.32 Å². The van der Waals surface area contributed by atoms with Gasteiger partial charge in [0.05, 0.1) is 10.7 Å². The summed E-state index contributed by atoms with van der Waals surface area (Å²) in [4.78, 5) is 0. The van der Waals surface area contributed by atoms with Crippen LogP contribution in [0, 0.1) is 11.7 Å². The molecule has 1 aromatic carbocycles. The smallest absolute Gasteiger partial charge is 0.146 e. The molecule has 3 nitrogen and oxygen atoms in total. The van der Waals surface area contributed by atoms with Gasteiger partial charge in [-0.05, 0) is 46.6 Å². The topological polar surface area (TPSA) is 34.4 Å². The second kappa shape index (κ2) is 7.61. The standard InChI is InChI=1S/C16H19BrFNO2/c1-11(2)8-19-9-12-5-6-20-16(12)10-21-13-3-4-14(17)15(18)7-13/h3-7,11,19H,8-10H2,1-2H3. The second-order valence-electron chi connectivity index (χ2n) is 5.26. The molecular formula is C16H19BrFNO2. The van der Waals surface area contributed by atoms with Crippen molar-refractivity contribution in [3.05, 3.63) is 52.1 Å². The molecule has 1 N–H and O–H groups in total. The van der Waals surface area contributed by atoms with Crippen molar-refractivity contribution in [1.29, 1.82) is 0 Å². The first-order chi connectivity index (χ1) is 10.1. The Morgan fingerprint density at radius 3 is 2.86 bits per heavy atom. The monoisotopic (exact) mass is 355 g/mol. The average molecular weight is 356 g/mol. The predicted octanol–water partition coefficient (Wildman–Crippen LogP) is 4.51. The Kier molecular flexibility index (Phi) is 5.82. The van der Waals surface area contributed by atoms with E-state index in [-0.39, 0.29) is 12.4 Å². The summed E-state index contributed by atoms with van der Waals surface area (Å²) in [6, 6.07) is 6.61. The highest BCUT2D eigenvalue weighted by Crippen LogP contribution is 2.22. The first kappa shape index (κ1) is 16.0. The van der Waals surface area contributed by atoms with Crippen molar-refractivity contribution >= 4 is 15.9 Å². The van der Waals surface area contributed by atoms with Gasteiger partial charge in [0.1, 0.15) is 23.9 Å². The minimum Gasteiger partial charge on any atom is -0.486 e. The van der Waals surface area contributed by atoms with Gasteiger partial charge in [-0.1, -0.05) is 13.8 Å². The number of nitrogens with one attached hydrogen (secondary N) is 1. The molecule has 114 valence electrons. The minimum absolute atomic E-state index is 0.284. The maximum Gasteiger partial charge on any atom is 0.146 e. The third-order valence-corrected chi connectivity index (χ3v) is 3.61. The van der Waals surface area contributed by atoms with E-state index >= 15 is 0 Å². The molecular weight excluding hydrogens is 337 g/mol. The zero-order valence-electron chi connectivity index (χ0n) is 12.2. The number of halogens is 2. The van der Waals surface area contributed by atoms with Crippen LogP contribution in [0.15, 0.2) is 39.4 Å². The van der Waals surface area contributed by atoms with E-state index in [1.54, 1.807) is 18.4 Å². The van der Waals surface area contributed by atoms with Crippen molar-refractivity contribution in [3.63, 3.8) is 0 Å². The summed E-state index contributed by atoms with van der Waals surface area (Å²) >= 11 is 3.11. The summed E-state index contributed by atoms with van der Waals surface area (Å²) < 4.78 is 24.8. The van der Waals surface area contributed by atoms with Gasteiger partial charge >= 0.3 is 0 Å². The summed E-state index contributed by atoms with van der Waals surface area (Å²) in [5, 5.41) is 3.36. The quantitative estimate of drug-likeness (QED) is 0.793. The fraction of sp³-hybridized carbons (Fsp3) is 0.375. The van der Waals surface area contributed by atoms with E-state index in [0.717, 1.165) is 24.4 Å². The van der Waals surface area contributed by atoms with Crippen LogP contribution in [0.3, 0.4) is 0 Å². The molecule has 0 saturated heterocycles. The highest BCUT2D eigenvalue weighted by molar-refractivity contribution is 9.10. The van der Waals surface area contributed by atoms with Crippen LogP contribution in [0.5, 0.6) is 5.75 Å². The zero-order chi connectivity index (χ0) is 15.2. The van der Waals surface area contributed by atoms with E-state index in [2.05, 4.69) is 35.1 Å². The van der Waals surface area contributed by atoms with Crippen molar-refractivity contribution in [2.24, 2.45) is 5.92 Å². The molecule has 0 radical (unpaired) electrons. The number of benzene rings is 1. The van der Waals surface area contributed by atoms with Crippen LogP contribution in [-0.4, -0.2) is 6.54 Å². The molecule has 0 bridgehead atoms. The number of hydrogen-bond acceptors (Lipinski definition) is 3. The summed E-state index contributed by atoms with van der Waals surface area (Å²) in [5.41, 5.74) is 1.06. The van der Waals surface area contributed by atoms with Gasteiger partial charge in [0.15, 0.2) is 0 Å². The largest absolute Gasteiger partial charge is 0.486 e. The van der Waals surface area contributed by atoms with Crippen molar-refractivity contribution in [2.45, 2.75) is 27.0 Å². The molecule has 0 atom stereocenters. The highest BCUT2D eigenvalue weighted by atomic mass is 79.9. The molecule has 0 fully saturated rings. The van der Waals surface area contributed by atoms with Crippen LogP contribution in [0.2, 0.25) is 0 Å². The molecule has 2 aromatic rings. The lowest BCUT2D eigenvalue weighted by Crippen LogP contribution is -2.19. The molecule has 0 aliphatic heterocycles. The lowest BCUT2D eigenvalue weighted by atomic mass is 10.2. The summed E-state index contributed by atoms with van der Waals surface area (Å²) in [7, 11) is 0. The Morgan fingerprint density at radius 1 is 1.33 bits per heavy atom. The SMILES string of the molecule is CC(C)CNCc1ccoc1COc1ccc(Br)c(F)c1. The summed E-state index contributed by atoms with van der Waals surface area (Å²) in [5.74, 6) is 1.50. The van der Waals surface area contributed by atoms with Crippen LogP contribution in [-0.2, 0) is 13.2 Å². The van der Waals surface area contributed by atoms with Crippen LogP contribution < -0.4 is 10.1 Å². The fourth-order valence-electron chi connectivity index (χ4n) is 1.86. The second-order valence-corrected chi connectivity index (χ2v) is 6.11. The molecule has 0 amide bonds. The number of furan rings is 1. The van der Waals surface area contributed by atoms with E-state index in [9.17, 15) is 4.39 Å². The molecule has 5 heteroatoms. The van der Waals surface area contributed by atoms with Crippen LogP contribution in [0.25, 0.3) is 0 Å². The van der Waals surface area contributed by atoms with Crippen molar-refractivity contribution < 1.29 is 13.5 Å². The molecule has 0 aliphatic carbocycles. The zero-order valence-corrected chi connectivity index (χ0v) is 13.7. The van der Waals surface area contributed by atoms with Gasteiger partial charge in [-0.2, -0.15) is 0 Å². The fourth-order valence-corrected chi connectivity index (χ4v) is 2.11. The van der Waals surface area contributed by atoms with Gasteiger partial charge < -0.3 is 14.5 Å². The van der Waals surface area contributed by atoms with E-state index < -0.39 is 0 Å². The normalized spacial score (nSPS) is 11.1. The number of rotatable bonds is 7. The predicted molar refractivity (Wildman–Crippen MR) is 83.7 cm³/mol. The number of ether oxygens (including phenoxy) is 1. The maximum atomic E-state index is 13.4. The Hall–Kier alpha value is -1.33. The van der Waals surface area contributed by atoms with Gasteiger partial charge in [-0.15, -0.1) is 0 Å². The molecule has 0 unspecified atom stereocenters. The Morgan fingerprint density at radius 2 is 2.14 bits per heavy atom. The molecule has 0 aliphatic rings. The molecule has 21 heavy (non-hydrogen) atoms. The van der Waals surface area contributed by atoms with Gasteiger partial charge in [0.25, 0.3) is 0 Å². The van der Waals surface area contributed by atoms with Crippen LogP contribution >= 0.6 is 15.9 Å². The highest BCUT2D eigenvalue weighted by Gasteiger charge is 2.08. The van der Waals surface area contributed by atoms with E-state index in [1.165, 1.54) is 6.07 Å². The van der Waals surface area contributed by atoms with Gasteiger partial charge in [-0.25, -0.2) is 4.39 Å². The lowest BCUT2D eigenvalue weighted by molar-refractivity contribution is 0.267. The Labute approximate surface area is 132 Å². The van der Waals surface area contributed by atoms with Crippen molar-refractivity contribution in [3.8, 4) is 5.75 Å². The van der Waals surface area contributed by atoms with E-state index in [4.69, 9.17) is 9.15 Å². The van der Waals surface area contributed by atoms with Gasteiger partial charge in [0, 0.05) is 18.2 Å². The Bertz CT molecular complexity index is 583. The molecule has 2 rings (SSSR count). The van der Waals surface area contributed by atoms with Crippen molar-refractivity contribution in [2.75, 3.05) is 6.54 Å². The average Bonchev–Trinajstić information content (AvgIpc) is 2.87. The first-order valence-corrected chi connectivity index (χ1v) is 7.69. The summed E-state index contributed by atoms with van der Waals surface area (Å²) in [6.07, 6.45) is 1.65. The maximum absolute atomic E-state index is 13.4. The van der Waals surface area contributed by atoms with Gasteiger partial charge in [0.2, 0.25) is 0 Å². The summed E-state index contributed by atoms with van der Waals surface area (Å²) in [6.45, 7) is 6.29. The van der Waals surface area contributed by atoms with Crippen LogP contribution in [0.4, 0.5) is 4.39 Å². The van der Waals surface area contributed by atoms with E-state index in [0.29, 0.717) is 16.1 Å². The first-order valence-electron chi connectivity index (χ1n) is 6.90. The molecule has 0 spiro atoms. The number of hydrogen-bond donors (Lipinski definition) is 1. The van der Waals surface area contributed by atoms with Crippen LogP contribution in [0.1, 0.15) is 25.2 Å². The molecule has 1 heterocycles. The third-order valence-electron chi connectivity index (χ3n) is 2.97. The Balaban J connectivity index is 1.91. The molecule has 1 aromatic heterocycles. The minimum atomic E-state index is -0.342. The lowest BCUT2D eigenvalue weighted by Gasteiger charge is -2.09. The third kappa shape index (κ3) is 4.86. The van der Waals surface area contributed by atoms with E-state index in [1.807, 2.05) is 6.07 Å². The molecule has 0 saturated carbocycles. The van der Waals surface area contributed by atoms with Gasteiger partial charge in [-0.3, -0.25) is 0 Å².